The summed E-state index contributed by atoms with van der Waals surface area (Å²) < 4.78 is 0. The van der Waals surface area contributed by atoms with Gasteiger partial charge in [-0.2, -0.15) is 0 Å². The van der Waals surface area contributed by atoms with E-state index in [-0.39, 0.29) is 77.6 Å². The normalized spacial score (nSPS) is 0. The average Bonchev–Trinajstić information content (AvgIpc) is 0. The Balaban J connectivity index is 0. The van der Waals surface area contributed by atoms with E-state index in [2.05, 4.69) is 0 Å². The maximum absolute atomic E-state index is 0. The molecule has 6 N–H and O–H groups in total. The molecule has 0 aliphatic carbocycles. The van der Waals surface area contributed by atoms with E-state index in [1.54, 1.807) is 0 Å². The molecular weight excluding hydrogens is 490 g/mol. The van der Waals surface area contributed by atoms with Crippen molar-refractivity contribution in [2.45, 2.75) is 0 Å². The summed E-state index contributed by atoms with van der Waals surface area (Å²) in [7, 11) is 0. The smallest absolute Gasteiger partial charge is 0.870 e. The quantitative estimate of drug-likeness (QED) is 0.386. The average molecular weight is 496 g/mol. The summed E-state index contributed by atoms with van der Waals surface area (Å²) in [6.07, 6.45) is 0. The molecule has 0 aromatic heterocycles. The van der Waals surface area contributed by atoms with Crippen molar-refractivity contribution >= 4 is 0 Å². The van der Waals surface area contributed by atoms with Crippen LogP contribution in [0.4, 0.5) is 0 Å². The fourth-order valence-corrected chi connectivity index (χ4v) is 0. The predicted molar refractivity (Wildman–Crippen MR) is 11.6 cm³/mol. The van der Waals surface area contributed by atoms with E-state index in [4.69, 9.17) is 0 Å². The Morgan fingerprint density at radius 3 is 0.250 bits per heavy atom. The van der Waals surface area contributed by atoms with E-state index < -0.39 is 0 Å². The molecule has 8 heavy (non-hydrogen) atoms. The van der Waals surface area contributed by atoms with Crippen LogP contribution in [0, 0.1) is 0 Å². The molecule has 0 saturated heterocycles. The molecule has 0 aliphatic rings. The zero-order valence-electron chi connectivity index (χ0n) is 3.29. The van der Waals surface area contributed by atoms with Crippen molar-refractivity contribution < 1.29 is 77.6 Å². The van der Waals surface area contributed by atoms with Gasteiger partial charge in [0, 0.05) is 0 Å². The minimum absolute atomic E-state index is 0. The minimum Gasteiger partial charge on any atom is -0.870 e. The van der Waals surface area contributed by atoms with Gasteiger partial charge < -0.3 is 32.9 Å². The Bertz CT molecular complexity index is 6.49. The van der Waals surface area contributed by atoms with Gasteiger partial charge in [0.1, 0.15) is 0 Å². The number of hydrogen-bond donors (Lipinski definition) is 0. The summed E-state index contributed by atoms with van der Waals surface area (Å²) in [5.41, 5.74) is 0. The largest absolute Gasteiger partial charge is 3.00 e. The fraction of sp³-hybridized carbons (Fsp3) is 0. The van der Waals surface area contributed by atoms with Crippen LogP contribution in [-0.2, 0) is 44.8 Å². The molecule has 0 atom stereocenters. The molecule has 0 spiro atoms. The molecule has 0 amide bonds. The van der Waals surface area contributed by atoms with Gasteiger partial charge in [0.15, 0.2) is 0 Å². The van der Waals surface area contributed by atoms with Crippen molar-refractivity contribution in [2.24, 2.45) is 0 Å². The molecule has 0 radical (unpaired) electrons. The molecule has 0 fully saturated rings. The van der Waals surface area contributed by atoms with Crippen molar-refractivity contribution in [3.8, 4) is 0 Å². The third kappa shape index (κ3) is 183. The van der Waals surface area contributed by atoms with Crippen molar-refractivity contribution in [3.05, 3.63) is 0 Å². The van der Waals surface area contributed by atoms with Gasteiger partial charge in [-0.3, -0.25) is 0 Å². The molecule has 0 aliphatic heterocycles. The van der Waals surface area contributed by atoms with Gasteiger partial charge in [-0.05, 0) is 0 Å². The van der Waals surface area contributed by atoms with Gasteiger partial charge in [-0.25, -0.2) is 0 Å². The maximum atomic E-state index is 0. The van der Waals surface area contributed by atoms with Gasteiger partial charge >= 0.3 is 44.8 Å². The molecular formula is H6Au2O6. The van der Waals surface area contributed by atoms with Gasteiger partial charge in [-0.15, -0.1) is 0 Å². The van der Waals surface area contributed by atoms with E-state index in [1.165, 1.54) is 0 Å². The molecule has 0 rings (SSSR count). The standard InChI is InChI=1S/2Au.6H2O/h;;6*1H2/q2*+3;;;;;;/p-6. The maximum Gasteiger partial charge on any atom is 3.00 e. The molecule has 8 heteroatoms. The van der Waals surface area contributed by atoms with Crippen LogP contribution in [0.15, 0.2) is 0 Å². The molecule has 0 heterocycles. The summed E-state index contributed by atoms with van der Waals surface area (Å²) in [5, 5.41) is 0. The van der Waals surface area contributed by atoms with E-state index in [9.17, 15) is 0 Å². The monoisotopic (exact) mass is 496 g/mol. The summed E-state index contributed by atoms with van der Waals surface area (Å²) >= 11 is 0. The van der Waals surface area contributed by atoms with Crippen LogP contribution in [-0.4, -0.2) is 32.9 Å². The van der Waals surface area contributed by atoms with Crippen molar-refractivity contribution in [3.63, 3.8) is 0 Å². The van der Waals surface area contributed by atoms with Gasteiger partial charge in [0.05, 0.1) is 0 Å². The summed E-state index contributed by atoms with van der Waals surface area (Å²) in [5.74, 6) is 0. The molecule has 0 aromatic carbocycles. The van der Waals surface area contributed by atoms with E-state index >= 15 is 0 Å². The van der Waals surface area contributed by atoms with Gasteiger partial charge in [0.25, 0.3) is 0 Å². The third-order valence-corrected chi connectivity index (χ3v) is 0. The first-order valence-electron chi connectivity index (χ1n) is 0. The second-order valence-corrected chi connectivity index (χ2v) is 0. The number of rotatable bonds is 0. The zero-order chi connectivity index (χ0) is 0. The summed E-state index contributed by atoms with van der Waals surface area (Å²) in [6.45, 7) is 0. The third-order valence-electron chi connectivity index (χ3n) is 0. The van der Waals surface area contributed by atoms with Crippen molar-refractivity contribution in [2.75, 3.05) is 0 Å². The Morgan fingerprint density at radius 2 is 0.250 bits per heavy atom. The van der Waals surface area contributed by atoms with Crippen molar-refractivity contribution in [1.82, 2.24) is 0 Å². The Morgan fingerprint density at radius 1 is 0.250 bits per heavy atom. The van der Waals surface area contributed by atoms with Crippen molar-refractivity contribution in [1.29, 1.82) is 0 Å². The molecule has 0 unspecified atom stereocenters. The van der Waals surface area contributed by atoms with Gasteiger partial charge in [-0.1, -0.05) is 0 Å². The molecule has 0 aromatic rings. The molecule has 64 valence electrons. The first-order chi connectivity index (χ1) is 0. The summed E-state index contributed by atoms with van der Waals surface area (Å²) in [4.78, 5) is 0. The Labute approximate surface area is 77.5 Å². The predicted octanol–water partition coefficient (Wildman–Crippen LogP) is -1.07. The Hall–Kier alpha value is 1.24. The molecule has 6 nitrogen and oxygen atoms in total. The number of hydrogen-bond acceptors (Lipinski definition) is 6. The van der Waals surface area contributed by atoms with E-state index in [0.717, 1.165) is 0 Å². The van der Waals surface area contributed by atoms with Crippen LogP contribution in [0.1, 0.15) is 0 Å². The first-order valence-corrected chi connectivity index (χ1v) is 0. The molecule has 0 saturated carbocycles. The topological polar surface area (TPSA) is 180 Å². The first kappa shape index (κ1) is 408. The van der Waals surface area contributed by atoms with Crippen LogP contribution in [0.5, 0.6) is 0 Å². The van der Waals surface area contributed by atoms with Crippen LogP contribution in [0.2, 0.25) is 0 Å². The minimum atomic E-state index is 0. The Kier molecular flexibility index (Phi) is 14300. The second kappa shape index (κ2) is 281. The van der Waals surface area contributed by atoms with E-state index in [0.29, 0.717) is 0 Å². The summed E-state index contributed by atoms with van der Waals surface area (Å²) in [6, 6.07) is 0. The SMILES string of the molecule is [Au+3].[Au+3].[OH-].[OH-].[OH-].[OH-].[OH-].[OH-]. The second-order valence-electron chi connectivity index (χ2n) is 0. The zero-order valence-corrected chi connectivity index (χ0v) is 7.62. The van der Waals surface area contributed by atoms with Crippen LogP contribution in [0.3, 0.4) is 0 Å². The van der Waals surface area contributed by atoms with Crippen LogP contribution in [0.25, 0.3) is 0 Å². The van der Waals surface area contributed by atoms with Crippen LogP contribution >= 0.6 is 0 Å². The van der Waals surface area contributed by atoms with Gasteiger partial charge in [0.2, 0.25) is 0 Å². The fourth-order valence-electron chi connectivity index (χ4n) is 0. The molecule has 0 bridgehead atoms. The van der Waals surface area contributed by atoms with Crippen LogP contribution < -0.4 is 0 Å². The van der Waals surface area contributed by atoms with E-state index in [1.807, 2.05) is 0 Å².